The first-order valence-electron chi connectivity index (χ1n) is 5.29. The number of halogens is 3. The second-order valence-corrected chi connectivity index (χ2v) is 6.16. The highest BCUT2D eigenvalue weighted by atomic mass is 32.2. The van der Waals surface area contributed by atoms with Crippen LogP contribution in [0.5, 0.6) is 0 Å². The van der Waals surface area contributed by atoms with E-state index in [4.69, 9.17) is 0 Å². The number of hydrogen-bond donors (Lipinski definition) is 2. The van der Waals surface area contributed by atoms with E-state index in [2.05, 4.69) is 4.72 Å². The van der Waals surface area contributed by atoms with Crippen LogP contribution in [-0.4, -0.2) is 27.2 Å². The molecular formula is C9H19F3N2O2S. The predicted octanol–water partition coefficient (Wildman–Crippen LogP) is 1.65. The molecule has 1 atom stereocenters. The van der Waals surface area contributed by atoms with Gasteiger partial charge in [-0.1, -0.05) is 27.7 Å². The van der Waals surface area contributed by atoms with E-state index in [0.29, 0.717) is 0 Å². The smallest absolute Gasteiger partial charge is 0.202 e. The van der Waals surface area contributed by atoms with Crippen LogP contribution in [0.4, 0.5) is 13.2 Å². The molecule has 0 amide bonds. The molecule has 0 rings (SSSR count). The van der Waals surface area contributed by atoms with Gasteiger partial charge in [-0.2, -0.15) is 26.3 Å². The third-order valence-corrected chi connectivity index (χ3v) is 3.09. The highest BCUT2D eigenvalue weighted by molar-refractivity contribution is 7.87. The lowest BCUT2D eigenvalue weighted by molar-refractivity contribution is -0.160. The number of rotatable bonds is 6. The van der Waals surface area contributed by atoms with Crippen LogP contribution in [0.1, 0.15) is 27.7 Å². The zero-order valence-electron chi connectivity index (χ0n) is 10.3. The van der Waals surface area contributed by atoms with Gasteiger partial charge < -0.3 is 0 Å². The van der Waals surface area contributed by atoms with Crippen molar-refractivity contribution in [3.05, 3.63) is 0 Å². The summed E-state index contributed by atoms with van der Waals surface area (Å²) in [6, 6.07) is -2.08. The third kappa shape index (κ3) is 6.85. The molecule has 0 heterocycles. The minimum atomic E-state index is -4.60. The normalized spacial score (nSPS) is 15.6. The molecule has 1 unspecified atom stereocenters. The van der Waals surface area contributed by atoms with E-state index in [1.807, 2.05) is 0 Å². The lowest BCUT2D eigenvalue weighted by Crippen LogP contribution is -2.52. The Morgan fingerprint density at radius 1 is 1.12 bits per heavy atom. The maximum atomic E-state index is 12.5. The average molecular weight is 276 g/mol. The molecule has 0 aromatic rings. The zero-order chi connectivity index (χ0) is 13.9. The highest BCUT2D eigenvalue weighted by Gasteiger charge is 2.43. The molecule has 2 N–H and O–H groups in total. The zero-order valence-corrected chi connectivity index (χ0v) is 11.1. The number of nitrogens with one attached hydrogen (secondary N) is 2. The maximum absolute atomic E-state index is 12.5. The minimum Gasteiger partial charge on any atom is -0.202 e. The highest BCUT2D eigenvalue weighted by Crippen LogP contribution is 2.25. The van der Waals surface area contributed by atoms with E-state index < -0.39 is 28.3 Å². The largest absolute Gasteiger partial charge is 0.405 e. The van der Waals surface area contributed by atoms with Gasteiger partial charge in [0.05, 0.1) is 0 Å². The summed E-state index contributed by atoms with van der Waals surface area (Å²) < 4.78 is 64.1. The summed E-state index contributed by atoms with van der Waals surface area (Å²) in [5.41, 5.74) is 0. The molecule has 0 aliphatic heterocycles. The Bertz CT molecular complexity index is 326. The van der Waals surface area contributed by atoms with Gasteiger partial charge in [0, 0.05) is 6.54 Å². The van der Waals surface area contributed by atoms with Crippen LogP contribution in [0.3, 0.4) is 0 Å². The maximum Gasteiger partial charge on any atom is 0.405 e. The summed E-state index contributed by atoms with van der Waals surface area (Å²) >= 11 is 0. The van der Waals surface area contributed by atoms with Crippen molar-refractivity contribution < 1.29 is 21.6 Å². The van der Waals surface area contributed by atoms with Gasteiger partial charge in [-0.25, -0.2) is 4.72 Å². The molecule has 4 nitrogen and oxygen atoms in total. The Balaban J connectivity index is 4.66. The van der Waals surface area contributed by atoms with Crippen LogP contribution < -0.4 is 9.44 Å². The van der Waals surface area contributed by atoms with Gasteiger partial charge in [-0.3, -0.25) is 0 Å². The van der Waals surface area contributed by atoms with E-state index in [-0.39, 0.29) is 12.5 Å². The van der Waals surface area contributed by atoms with Crippen molar-refractivity contribution in [3.8, 4) is 0 Å². The van der Waals surface area contributed by atoms with Crippen molar-refractivity contribution in [2.45, 2.75) is 39.9 Å². The SMILES string of the molecule is CC(C)CNS(=O)(=O)NC(C(C)C)C(F)(F)F. The van der Waals surface area contributed by atoms with Gasteiger partial charge in [0.1, 0.15) is 6.04 Å². The molecule has 0 radical (unpaired) electrons. The van der Waals surface area contributed by atoms with Gasteiger partial charge >= 0.3 is 6.18 Å². The average Bonchev–Trinajstić information content (AvgIpc) is 2.09. The fraction of sp³-hybridized carbons (Fsp3) is 1.00. The number of alkyl halides is 3. The summed E-state index contributed by atoms with van der Waals surface area (Å²) in [5, 5.41) is 0. The lowest BCUT2D eigenvalue weighted by atomic mass is 10.1. The van der Waals surface area contributed by atoms with Crippen molar-refractivity contribution >= 4 is 10.2 Å². The van der Waals surface area contributed by atoms with Gasteiger partial charge in [0.2, 0.25) is 0 Å². The molecule has 17 heavy (non-hydrogen) atoms. The van der Waals surface area contributed by atoms with E-state index in [1.54, 1.807) is 18.6 Å². The Hall–Kier alpha value is -0.340. The van der Waals surface area contributed by atoms with E-state index in [0.717, 1.165) is 0 Å². The van der Waals surface area contributed by atoms with Crippen LogP contribution in [0, 0.1) is 11.8 Å². The van der Waals surface area contributed by atoms with Crippen LogP contribution >= 0.6 is 0 Å². The molecule has 0 spiro atoms. The molecule has 0 saturated carbocycles. The van der Waals surface area contributed by atoms with Crippen molar-refractivity contribution in [2.24, 2.45) is 11.8 Å². The Morgan fingerprint density at radius 3 is 1.88 bits per heavy atom. The molecule has 0 bridgehead atoms. The molecular weight excluding hydrogens is 257 g/mol. The summed E-state index contributed by atoms with van der Waals surface area (Å²) in [6.45, 7) is 6.22. The fourth-order valence-corrected chi connectivity index (χ4v) is 2.44. The second kappa shape index (κ2) is 6.01. The molecule has 0 aromatic carbocycles. The summed E-state index contributed by atoms with van der Waals surface area (Å²) in [4.78, 5) is 0. The summed E-state index contributed by atoms with van der Waals surface area (Å²) in [7, 11) is -4.12. The Kier molecular flexibility index (Phi) is 5.89. The van der Waals surface area contributed by atoms with Crippen LogP contribution in [0.15, 0.2) is 0 Å². The topological polar surface area (TPSA) is 58.2 Å². The second-order valence-electron chi connectivity index (χ2n) is 4.63. The minimum absolute atomic E-state index is 0.0231. The van der Waals surface area contributed by atoms with Crippen LogP contribution in [0.25, 0.3) is 0 Å². The van der Waals surface area contributed by atoms with Crippen molar-refractivity contribution in [2.75, 3.05) is 6.54 Å². The monoisotopic (exact) mass is 276 g/mol. The van der Waals surface area contributed by atoms with Gasteiger partial charge in [0.15, 0.2) is 0 Å². The molecule has 0 fully saturated rings. The summed E-state index contributed by atoms with van der Waals surface area (Å²) in [5.74, 6) is -0.847. The molecule has 8 heteroatoms. The molecule has 0 aliphatic carbocycles. The predicted molar refractivity (Wildman–Crippen MR) is 59.6 cm³/mol. The molecule has 0 aromatic heterocycles. The first-order chi connectivity index (χ1) is 7.46. The Labute approximate surface area is 100 Å². The first-order valence-corrected chi connectivity index (χ1v) is 6.77. The number of hydrogen-bond acceptors (Lipinski definition) is 2. The quantitative estimate of drug-likeness (QED) is 0.775. The van der Waals surface area contributed by atoms with Crippen molar-refractivity contribution in [1.29, 1.82) is 0 Å². The molecule has 0 aliphatic rings. The first kappa shape index (κ1) is 16.7. The van der Waals surface area contributed by atoms with Crippen LogP contribution in [0.2, 0.25) is 0 Å². The lowest BCUT2D eigenvalue weighted by Gasteiger charge is -2.24. The van der Waals surface area contributed by atoms with Crippen molar-refractivity contribution in [1.82, 2.24) is 9.44 Å². The van der Waals surface area contributed by atoms with Crippen molar-refractivity contribution in [3.63, 3.8) is 0 Å². The van der Waals surface area contributed by atoms with Gasteiger partial charge in [-0.15, -0.1) is 0 Å². The Morgan fingerprint density at radius 2 is 1.59 bits per heavy atom. The molecule has 0 saturated heterocycles. The fourth-order valence-electron chi connectivity index (χ4n) is 1.07. The van der Waals surface area contributed by atoms with Gasteiger partial charge in [-0.05, 0) is 11.8 Å². The molecule has 104 valence electrons. The van der Waals surface area contributed by atoms with Gasteiger partial charge in [0.25, 0.3) is 10.2 Å². The van der Waals surface area contributed by atoms with E-state index in [9.17, 15) is 21.6 Å². The van der Waals surface area contributed by atoms with Crippen LogP contribution in [-0.2, 0) is 10.2 Å². The van der Waals surface area contributed by atoms with E-state index in [1.165, 1.54) is 13.8 Å². The standard InChI is InChI=1S/C9H19F3N2O2S/c1-6(2)5-13-17(15,16)14-8(7(3)4)9(10,11)12/h6-8,13-14H,5H2,1-4H3. The third-order valence-electron chi connectivity index (χ3n) is 1.98. The van der Waals surface area contributed by atoms with E-state index >= 15 is 0 Å². The summed E-state index contributed by atoms with van der Waals surface area (Å²) in [6.07, 6.45) is -4.60.